The van der Waals surface area contributed by atoms with Gasteiger partial charge in [-0.2, -0.15) is 0 Å². The van der Waals surface area contributed by atoms with E-state index in [1.54, 1.807) is 24.5 Å². The molecule has 0 atom stereocenters. The lowest BCUT2D eigenvalue weighted by atomic mass is 10.2. The highest BCUT2D eigenvalue weighted by molar-refractivity contribution is 7.18. The van der Waals surface area contributed by atoms with E-state index in [1.807, 2.05) is 5.38 Å². The number of fused-ring (bicyclic) bond motifs is 4. The summed E-state index contributed by atoms with van der Waals surface area (Å²) in [5, 5.41) is 2.54. The number of hydrogen-bond acceptors (Lipinski definition) is 7. The molecule has 1 amide bonds. The van der Waals surface area contributed by atoms with Gasteiger partial charge < -0.3 is 14.9 Å². The smallest absolute Gasteiger partial charge is 0.268 e. The molecule has 4 heterocycles. The van der Waals surface area contributed by atoms with E-state index in [-0.39, 0.29) is 30.0 Å². The Morgan fingerprint density at radius 3 is 2.87 bits per heavy atom. The van der Waals surface area contributed by atoms with Crippen LogP contribution in [0.5, 0.6) is 0 Å². The minimum Gasteiger partial charge on any atom is -0.338 e. The molecule has 0 fully saturated rings. The molecule has 4 aromatic rings. The lowest BCUT2D eigenvalue weighted by Gasteiger charge is -2.16. The molecule has 154 valence electrons. The fourth-order valence-corrected chi connectivity index (χ4v) is 5.90. The molecule has 0 saturated heterocycles. The van der Waals surface area contributed by atoms with Crippen molar-refractivity contribution in [2.24, 2.45) is 0 Å². The van der Waals surface area contributed by atoms with Gasteiger partial charge in [0.2, 0.25) is 5.91 Å². The second-order valence-corrected chi connectivity index (χ2v) is 9.45. The van der Waals surface area contributed by atoms with E-state index in [1.165, 1.54) is 21.1 Å². The van der Waals surface area contributed by atoms with Gasteiger partial charge in [0.25, 0.3) is 11.1 Å². The first-order valence-corrected chi connectivity index (χ1v) is 11.4. The maximum Gasteiger partial charge on any atom is 0.268 e. The lowest BCUT2D eigenvalue weighted by Crippen LogP contribution is -2.28. The van der Waals surface area contributed by atoms with Gasteiger partial charge in [0, 0.05) is 24.8 Å². The van der Waals surface area contributed by atoms with Crippen molar-refractivity contribution in [3.63, 3.8) is 0 Å². The third-order valence-corrected chi connectivity index (χ3v) is 7.46. The van der Waals surface area contributed by atoms with Crippen LogP contribution in [0.15, 0.2) is 21.0 Å². The molecule has 0 bridgehead atoms. The summed E-state index contributed by atoms with van der Waals surface area (Å²) < 4.78 is 0.581. The summed E-state index contributed by atoms with van der Waals surface area (Å²) >= 11 is 2.93. The molecule has 30 heavy (non-hydrogen) atoms. The molecule has 1 aliphatic carbocycles. The molecule has 2 N–H and O–H groups in total. The van der Waals surface area contributed by atoms with Gasteiger partial charge in [-0.15, -0.1) is 22.7 Å². The molecule has 0 saturated carbocycles. The quantitative estimate of drug-likeness (QED) is 0.494. The van der Waals surface area contributed by atoms with Crippen molar-refractivity contribution in [1.82, 2.24) is 24.8 Å². The average Bonchev–Trinajstić information content (AvgIpc) is 3.41. The van der Waals surface area contributed by atoms with Gasteiger partial charge in [-0.1, -0.05) is 0 Å². The van der Waals surface area contributed by atoms with Crippen molar-refractivity contribution < 1.29 is 4.79 Å². The average molecular weight is 442 g/mol. The predicted molar refractivity (Wildman–Crippen MR) is 117 cm³/mol. The number of nitrogens with zero attached hydrogens (tertiary/aromatic N) is 3. The van der Waals surface area contributed by atoms with Crippen LogP contribution in [0.2, 0.25) is 0 Å². The molecular formula is C20H19N5O3S2. The molecule has 0 radical (unpaired) electrons. The highest BCUT2D eigenvalue weighted by atomic mass is 32.1. The van der Waals surface area contributed by atoms with Crippen LogP contribution < -0.4 is 11.1 Å². The van der Waals surface area contributed by atoms with Crippen LogP contribution in [-0.2, 0) is 30.6 Å². The van der Waals surface area contributed by atoms with Gasteiger partial charge >= 0.3 is 0 Å². The highest BCUT2D eigenvalue weighted by Crippen LogP contribution is 2.34. The summed E-state index contributed by atoms with van der Waals surface area (Å²) in [6.45, 7) is 0.209. The topological polar surface area (TPSA) is 112 Å². The first kappa shape index (κ1) is 19.1. The minimum atomic E-state index is -0.191. The lowest BCUT2D eigenvalue weighted by molar-refractivity contribution is -0.130. The van der Waals surface area contributed by atoms with Crippen LogP contribution in [0.4, 0.5) is 0 Å². The number of carbonyl (C=O) groups excluding carboxylic acids is 1. The van der Waals surface area contributed by atoms with Crippen molar-refractivity contribution in [1.29, 1.82) is 0 Å². The zero-order valence-electron chi connectivity index (χ0n) is 16.3. The molecule has 5 rings (SSSR count). The van der Waals surface area contributed by atoms with E-state index >= 15 is 0 Å². The molecule has 0 spiro atoms. The Bertz CT molecular complexity index is 1400. The fourth-order valence-electron chi connectivity index (χ4n) is 3.89. The van der Waals surface area contributed by atoms with E-state index in [2.05, 4.69) is 19.9 Å². The maximum absolute atomic E-state index is 12.6. The fraction of sp³-hybridized carbons (Fsp3) is 0.350. The molecule has 1 aliphatic rings. The number of hydrogen-bond donors (Lipinski definition) is 2. The van der Waals surface area contributed by atoms with Crippen molar-refractivity contribution in [2.45, 2.75) is 38.6 Å². The van der Waals surface area contributed by atoms with E-state index < -0.39 is 0 Å². The van der Waals surface area contributed by atoms with Gasteiger partial charge in [-0.05, 0) is 36.3 Å². The summed E-state index contributed by atoms with van der Waals surface area (Å²) in [5.41, 5.74) is 1.48. The van der Waals surface area contributed by atoms with Crippen LogP contribution in [0, 0.1) is 0 Å². The van der Waals surface area contributed by atoms with Gasteiger partial charge in [0.15, 0.2) is 0 Å². The van der Waals surface area contributed by atoms with Crippen molar-refractivity contribution in [2.75, 3.05) is 7.05 Å². The van der Waals surface area contributed by atoms with Gasteiger partial charge in [0.1, 0.15) is 21.2 Å². The number of H-pyrrole nitrogens is 2. The van der Waals surface area contributed by atoms with Gasteiger partial charge in [0.05, 0.1) is 17.4 Å². The second-order valence-electron chi connectivity index (χ2n) is 7.45. The molecule has 0 unspecified atom stereocenters. The van der Waals surface area contributed by atoms with Crippen molar-refractivity contribution in [3.8, 4) is 0 Å². The first-order chi connectivity index (χ1) is 14.5. The van der Waals surface area contributed by atoms with Crippen LogP contribution >= 0.6 is 22.7 Å². The van der Waals surface area contributed by atoms with E-state index in [0.717, 1.165) is 35.0 Å². The number of aryl methyl sites for hydroxylation is 3. The maximum atomic E-state index is 12.6. The van der Waals surface area contributed by atoms with Gasteiger partial charge in [-0.3, -0.25) is 14.4 Å². The summed E-state index contributed by atoms with van der Waals surface area (Å²) in [6, 6.07) is 1.79. The minimum absolute atomic E-state index is 0.110. The van der Waals surface area contributed by atoms with Crippen LogP contribution in [-0.4, -0.2) is 37.8 Å². The summed E-state index contributed by atoms with van der Waals surface area (Å²) in [4.78, 5) is 55.3. The molecule has 4 aromatic heterocycles. The third kappa shape index (κ3) is 3.35. The monoisotopic (exact) mass is 441 g/mol. The highest BCUT2D eigenvalue weighted by Gasteiger charge is 2.21. The van der Waals surface area contributed by atoms with Crippen LogP contribution in [0.25, 0.3) is 20.4 Å². The standard InChI is InChI=1S/C20H19N5O3S2/c1-25(9-14-21-11-7-8-29-17(11)19(28)23-14)15(26)6-5-13-22-18(27)16-10-3-2-4-12(10)30-20(16)24-13/h7-8H,2-6,9H2,1H3,(H,21,23,28)(H,22,24,27). The van der Waals surface area contributed by atoms with E-state index in [9.17, 15) is 14.4 Å². The van der Waals surface area contributed by atoms with Crippen molar-refractivity contribution in [3.05, 3.63) is 54.2 Å². The third-order valence-electron chi connectivity index (χ3n) is 5.38. The van der Waals surface area contributed by atoms with Crippen molar-refractivity contribution >= 4 is 49.0 Å². The Morgan fingerprint density at radius 2 is 2.00 bits per heavy atom. The molecule has 10 heteroatoms. The van der Waals surface area contributed by atoms with Crippen LogP contribution in [0.1, 0.15) is 34.9 Å². The number of aromatic amines is 2. The summed E-state index contributed by atoms with van der Waals surface area (Å²) in [6.07, 6.45) is 3.61. The number of carbonyl (C=O) groups is 1. The van der Waals surface area contributed by atoms with Crippen LogP contribution in [0.3, 0.4) is 0 Å². The first-order valence-electron chi connectivity index (χ1n) is 9.73. The van der Waals surface area contributed by atoms with Gasteiger partial charge in [-0.25, -0.2) is 9.97 Å². The molecule has 0 aliphatic heterocycles. The Hall–Kier alpha value is -2.85. The number of thiophene rings is 2. The Morgan fingerprint density at radius 1 is 1.17 bits per heavy atom. The summed E-state index contributed by atoms with van der Waals surface area (Å²) in [7, 11) is 1.67. The molecule has 0 aromatic carbocycles. The Labute approximate surface area is 178 Å². The number of rotatable bonds is 5. The Kier molecular flexibility index (Phi) is 4.75. The number of aromatic nitrogens is 4. The number of nitrogens with one attached hydrogen (secondary N) is 2. The SMILES string of the molecule is CN(Cc1nc2ccsc2c(=O)[nH]1)C(=O)CCc1nc2sc3c(c2c(=O)[nH]1)CCC3. The largest absolute Gasteiger partial charge is 0.338 e. The normalized spacial score (nSPS) is 13.2. The molecule has 8 nitrogen and oxygen atoms in total. The zero-order valence-corrected chi connectivity index (χ0v) is 17.9. The number of amides is 1. The van der Waals surface area contributed by atoms with E-state index in [0.29, 0.717) is 28.3 Å². The summed E-state index contributed by atoms with van der Waals surface area (Å²) in [5.74, 6) is 0.864. The predicted octanol–water partition coefficient (Wildman–Crippen LogP) is 2.36. The zero-order chi connectivity index (χ0) is 20.8. The van der Waals surface area contributed by atoms with E-state index in [4.69, 9.17) is 0 Å². The Balaban J connectivity index is 1.28. The second kappa shape index (κ2) is 7.44. The molecular weight excluding hydrogens is 422 g/mol.